The molecule has 0 aliphatic heterocycles. The fraction of sp³-hybridized carbons (Fsp3) is 0.429. The fourth-order valence-corrected chi connectivity index (χ4v) is 1.50. The minimum atomic E-state index is -0.974. The number of carbonyl (C=O) groups is 2. The molecule has 0 aromatic heterocycles. The molecule has 0 saturated carbocycles. The van der Waals surface area contributed by atoms with Gasteiger partial charge in [-0.25, -0.2) is 8.78 Å². The molecule has 0 fully saturated rings. The van der Waals surface area contributed by atoms with Crippen molar-refractivity contribution in [2.24, 2.45) is 11.7 Å². The molecule has 7 heteroatoms. The van der Waals surface area contributed by atoms with E-state index in [0.717, 1.165) is 12.1 Å². The molecule has 5 nitrogen and oxygen atoms in total. The van der Waals surface area contributed by atoms with Gasteiger partial charge in [0.25, 0.3) is 0 Å². The predicted octanol–water partition coefficient (Wildman–Crippen LogP) is 0.680. The molecule has 0 bridgehead atoms. The summed E-state index contributed by atoms with van der Waals surface area (Å²) in [7, 11) is 0. The van der Waals surface area contributed by atoms with Gasteiger partial charge in [-0.05, 0) is 23.6 Å². The van der Waals surface area contributed by atoms with Gasteiger partial charge in [0.05, 0.1) is 12.6 Å². The molecule has 0 saturated heterocycles. The van der Waals surface area contributed by atoms with Gasteiger partial charge in [0.15, 0.2) is 11.6 Å². The maximum atomic E-state index is 13.0. The minimum Gasteiger partial charge on any atom is -0.350 e. The highest BCUT2D eigenvalue weighted by atomic mass is 19.2. The van der Waals surface area contributed by atoms with Gasteiger partial charge in [0.2, 0.25) is 11.8 Å². The number of amides is 2. The summed E-state index contributed by atoms with van der Waals surface area (Å²) in [6, 6.07) is 2.68. The second-order valence-electron chi connectivity index (χ2n) is 5.01. The van der Waals surface area contributed by atoms with Crippen molar-refractivity contribution in [2.75, 3.05) is 6.54 Å². The zero-order chi connectivity index (χ0) is 16.0. The Bertz CT molecular complexity index is 521. The van der Waals surface area contributed by atoms with E-state index in [1.807, 2.05) is 0 Å². The van der Waals surface area contributed by atoms with Gasteiger partial charge in [0, 0.05) is 6.54 Å². The van der Waals surface area contributed by atoms with Crippen LogP contribution < -0.4 is 16.4 Å². The van der Waals surface area contributed by atoms with E-state index in [-0.39, 0.29) is 19.0 Å². The Balaban J connectivity index is 2.37. The van der Waals surface area contributed by atoms with E-state index in [1.54, 1.807) is 13.8 Å². The number of halogens is 2. The number of carbonyl (C=O) groups excluding carboxylic acids is 2. The molecule has 1 atom stereocenters. The maximum Gasteiger partial charge on any atom is 0.239 e. The molecular weight excluding hydrogens is 280 g/mol. The second kappa shape index (κ2) is 7.68. The lowest BCUT2D eigenvalue weighted by Crippen LogP contribution is -2.47. The molecule has 4 N–H and O–H groups in total. The summed E-state index contributed by atoms with van der Waals surface area (Å²) in [6.07, 6.45) is 0. The number of hydrogen-bond donors (Lipinski definition) is 3. The van der Waals surface area contributed by atoms with Crippen LogP contribution in [0.1, 0.15) is 19.4 Å². The summed E-state index contributed by atoms with van der Waals surface area (Å²) in [6.45, 7) is 3.42. The van der Waals surface area contributed by atoms with Crippen LogP contribution >= 0.6 is 0 Å². The van der Waals surface area contributed by atoms with Gasteiger partial charge >= 0.3 is 0 Å². The first-order chi connectivity index (χ1) is 9.81. The predicted molar refractivity (Wildman–Crippen MR) is 74.0 cm³/mol. The summed E-state index contributed by atoms with van der Waals surface area (Å²) in [5.74, 6) is -2.80. The molecule has 0 unspecified atom stereocenters. The minimum absolute atomic E-state index is 0.0322. The van der Waals surface area contributed by atoms with Gasteiger partial charge in [-0.3, -0.25) is 9.59 Å². The zero-order valence-electron chi connectivity index (χ0n) is 12.0. The van der Waals surface area contributed by atoms with Crippen molar-refractivity contribution < 1.29 is 18.4 Å². The number of hydrogen-bond acceptors (Lipinski definition) is 3. The first-order valence-corrected chi connectivity index (χ1v) is 6.55. The Morgan fingerprint density at radius 3 is 2.43 bits per heavy atom. The van der Waals surface area contributed by atoms with Crippen LogP contribution in [0.25, 0.3) is 0 Å². The Kier molecular flexibility index (Phi) is 6.23. The Labute approximate surface area is 121 Å². The van der Waals surface area contributed by atoms with Crippen molar-refractivity contribution in [1.29, 1.82) is 0 Å². The first kappa shape index (κ1) is 17.0. The lowest BCUT2D eigenvalue weighted by Gasteiger charge is -2.15. The van der Waals surface area contributed by atoms with Crippen molar-refractivity contribution in [3.8, 4) is 0 Å². The van der Waals surface area contributed by atoms with Gasteiger partial charge in [-0.2, -0.15) is 0 Å². The second-order valence-corrected chi connectivity index (χ2v) is 5.01. The van der Waals surface area contributed by atoms with E-state index >= 15 is 0 Å². The first-order valence-electron chi connectivity index (χ1n) is 6.55. The summed E-state index contributed by atoms with van der Waals surface area (Å²) in [5.41, 5.74) is 6.04. The molecule has 2 amide bonds. The highest BCUT2D eigenvalue weighted by Gasteiger charge is 2.17. The molecule has 0 heterocycles. The van der Waals surface area contributed by atoms with E-state index in [9.17, 15) is 18.4 Å². The molecule has 21 heavy (non-hydrogen) atoms. The number of nitrogens with one attached hydrogen (secondary N) is 2. The van der Waals surface area contributed by atoms with Crippen molar-refractivity contribution in [2.45, 2.75) is 26.4 Å². The molecule has 1 rings (SSSR count). The molecule has 0 aliphatic carbocycles. The Hall–Kier alpha value is -2.02. The van der Waals surface area contributed by atoms with Crippen LogP contribution in [0.2, 0.25) is 0 Å². The monoisotopic (exact) mass is 299 g/mol. The average molecular weight is 299 g/mol. The van der Waals surface area contributed by atoms with E-state index < -0.39 is 29.5 Å². The molecule has 0 aliphatic rings. The summed E-state index contributed by atoms with van der Waals surface area (Å²) >= 11 is 0. The van der Waals surface area contributed by atoms with Crippen molar-refractivity contribution in [3.63, 3.8) is 0 Å². The standard InChI is InChI=1S/C14H19F2N3O2/c1-8(2)13(17)14(21)19-7-12(20)18-6-9-3-4-10(15)11(16)5-9/h3-5,8,13H,6-7,17H2,1-2H3,(H,18,20)(H,19,21)/t13-/m0/s1. The van der Waals surface area contributed by atoms with E-state index in [2.05, 4.69) is 10.6 Å². The van der Waals surface area contributed by atoms with Crippen LogP contribution in [0.5, 0.6) is 0 Å². The quantitative estimate of drug-likeness (QED) is 0.722. The lowest BCUT2D eigenvalue weighted by atomic mass is 10.1. The third kappa shape index (κ3) is 5.47. The highest BCUT2D eigenvalue weighted by Crippen LogP contribution is 2.08. The average Bonchev–Trinajstić information content (AvgIpc) is 2.44. The van der Waals surface area contributed by atoms with E-state index in [0.29, 0.717) is 5.56 Å². The summed E-state index contributed by atoms with van der Waals surface area (Å²) < 4.78 is 25.7. The summed E-state index contributed by atoms with van der Waals surface area (Å²) in [4.78, 5) is 23.1. The van der Waals surface area contributed by atoms with E-state index in [4.69, 9.17) is 5.73 Å². The smallest absolute Gasteiger partial charge is 0.239 e. The fourth-order valence-electron chi connectivity index (χ4n) is 1.50. The largest absolute Gasteiger partial charge is 0.350 e. The number of benzene rings is 1. The number of nitrogens with two attached hydrogens (primary N) is 1. The Morgan fingerprint density at radius 1 is 1.19 bits per heavy atom. The maximum absolute atomic E-state index is 13.0. The lowest BCUT2D eigenvalue weighted by molar-refractivity contribution is -0.127. The molecule has 1 aromatic carbocycles. The number of rotatable bonds is 6. The van der Waals surface area contributed by atoms with Crippen LogP contribution in [-0.4, -0.2) is 24.4 Å². The Morgan fingerprint density at radius 2 is 1.86 bits per heavy atom. The van der Waals surface area contributed by atoms with Crippen LogP contribution in [0.4, 0.5) is 8.78 Å². The van der Waals surface area contributed by atoms with Gasteiger partial charge < -0.3 is 16.4 Å². The molecular formula is C14H19F2N3O2. The van der Waals surface area contributed by atoms with Gasteiger partial charge in [-0.15, -0.1) is 0 Å². The zero-order valence-corrected chi connectivity index (χ0v) is 12.0. The third-order valence-electron chi connectivity index (χ3n) is 2.92. The van der Waals surface area contributed by atoms with Crippen LogP contribution in [0.3, 0.4) is 0 Å². The topological polar surface area (TPSA) is 84.2 Å². The van der Waals surface area contributed by atoms with Crippen molar-refractivity contribution >= 4 is 11.8 Å². The molecule has 116 valence electrons. The third-order valence-corrected chi connectivity index (χ3v) is 2.92. The normalized spacial score (nSPS) is 12.1. The molecule has 0 radical (unpaired) electrons. The van der Waals surface area contributed by atoms with Crippen LogP contribution in [0.15, 0.2) is 18.2 Å². The molecule has 0 spiro atoms. The van der Waals surface area contributed by atoms with Gasteiger partial charge in [-0.1, -0.05) is 19.9 Å². The van der Waals surface area contributed by atoms with Crippen LogP contribution in [0, 0.1) is 17.6 Å². The molecule has 1 aromatic rings. The van der Waals surface area contributed by atoms with Crippen molar-refractivity contribution in [1.82, 2.24) is 10.6 Å². The highest BCUT2D eigenvalue weighted by molar-refractivity contribution is 5.87. The van der Waals surface area contributed by atoms with E-state index in [1.165, 1.54) is 6.07 Å². The van der Waals surface area contributed by atoms with Gasteiger partial charge in [0.1, 0.15) is 0 Å². The summed E-state index contributed by atoms with van der Waals surface area (Å²) in [5, 5.41) is 4.90. The van der Waals surface area contributed by atoms with Crippen molar-refractivity contribution in [3.05, 3.63) is 35.4 Å². The SMILES string of the molecule is CC(C)[C@H](N)C(=O)NCC(=O)NCc1ccc(F)c(F)c1. The van der Waals surface area contributed by atoms with Crippen LogP contribution in [-0.2, 0) is 16.1 Å².